The van der Waals surface area contributed by atoms with E-state index in [1.807, 2.05) is 36.4 Å². The van der Waals surface area contributed by atoms with E-state index in [0.717, 1.165) is 37.4 Å². The molecular weight excluding hydrogens is 304 g/mol. The van der Waals surface area contributed by atoms with Gasteiger partial charge in [0, 0.05) is 50.7 Å². The molecule has 0 saturated carbocycles. The number of carbonyl (C=O) groups is 1. The lowest BCUT2D eigenvalue weighted by Crippen LogP contribution is -2.40. The van der Waals surface area contributed by atoms with Gasteiger partial charge in [0.05, 0.1) is 6.61 Å². The van der Waals surface area contributed by atoms with Gasteiger partial charge in [-0.25, -0.2) is 9.97 Å². The van der Waals surface area contributed by atoms with E-state index >= 15 is 0 Å². The molecule has 2 aromatic rings. The van der Waals surface area contributed by atoms with Crippen molar-refractivity contribution in [3.63, 3.8) is 0 Å². The Morgan fingerprint density at radius 3 is 3.08 bits per heavy atom. The van der Waals surface area contributed by atoms with Crippen LogP contribution in [-0.2, 0) is 11.3 Å². The van der Waals surface area contributed by atoms with Crippen molar-refractivity contribution in [2.24, 2.45) is 0 Å². The first-order valence-corrected chi connectivity index (χ1v) is 8.42. The van der Waals surface area contributed by atoms with Crippen molar-refractivity contribution >= 4 is 5.91 Å². The third-order valence-electron chi connectivity index (χ3n) is 4.47. The number of pyridine rings is 1. The molecule has 6 heteroatoms. The fourth-order valence-corrected chi connectivity index (χ4v) is 3.26. The highest BCUT2D eigenvalue weighted by Gasteiger charge is 2.28. The number of methoxy groups -OCH3 is 1. The van der Waals surface area contributed by atoms with E-state index < -0.39 is 0 Å². The molecule has 0 bridgehead atoms. The molecule has 1 unspecified atom stereocenters. The van der Waals surface area contributed by atoms with Gasteiger partial charge in [0.1, 0.15) is 11.5 Å². The van der Waals surface area contributed by atoms with E-state index in [4.69, 9.17) is 4.74 Å². The van der Waals surface area contributed by atoms with E-state index in [1.54, 1.807) is 13.2 Å². The average molecular weight is 328 g/mol. The molecule has 0 spiro atoms. The largest absolute Gasteiger partial charge is 0.383 e. The van der Waals surface area contributed by atoms with Crippen molar-refractivity contribution in [3.05, 3.63) is 47.8 Å². The minimum absolute atomic E-state index is 0.0124. The monoisotopic (exact) mass is 328 g/mol. The van der Waals surface area contributed by atoms with Crippen LogP contribution in [0.4, 0.5) is 0 Å². The minimum Gasteiger partial charge on any atom is -0.383 e. The number of aryl methyl sites for hydroxylation is 1. The molecule has 0 N–H and O–H groups in total. The van der Waals surface area contributed by atoms with Gasteiger partial charge in [0.15, 0.2) is 0 Å². The van der Waals surface area contributed by atoms with Crippen LogP contribution < -0.4 is 0 Å². The molecule has 3 heterocycles. The van der Waals surface area contributed by atoms with Crippen LogP contribution in [0.5, 0.6) is 0 Å². The van der Waals surface area contributed by atoms with Crippen molar-refractivity contribution in [2.45, 2.75) is 32.2 Å². The molecule has 6 nitrogen and oxygen atoms in total. The zero-order valence-electron chi connectivity index (χ0n) is 14.3. The van der Waals surface area contributed by atoms with Crippen LogP contribution in [0.1, 0.15) is 40.8 Å². The second-order valence-corrected chi connectivity index (χ2v) is 6.23. The number of carbonyl (C=O) groups excluding carboxylic acids is 1. The number of rotatable bonds is 5. The van der Waals surface area contributed by atoms with Gasteiger partial charge in [-0.05, 0) is 31.9 Å². The SMILES string of the molecule is COCCn1ccnc1C1CCCN(C(=O)c2cccc(C)n2)C1. The van der Waals surface area contributed by atoms with Gasteiger partial charge < -0.3 is 14.2 Å². The number of likely N-dealkylation sites (tertiary alicyclic amines) is 1. The molecule has 1 saturated heterocycles. The van der Waals surface area contributed by atoms with Gasteiger partial charge in [-0.2, -0.15) is 0 Å². The zero-order valence-corrected chi connectivity index (χ0v) is 14.3. The summed E-state index contributed by atoms with van der Waals surface area (Å²) in [5, 5.41) is 0. The summed E-state index contributed by atoms with van der Waals surface area (Å²) in [7, 11) is 1.70. The fraction of sp³-hybridized carbons (Fsp3) is 0.500. The zero-order chi connectivity index (χ0) is 16.9. The molecule has 1 atom stereocenters. The van der Waals surface area contributed by atoms with Gasteiger partial charge in [0.2, 0.25) is 0 Å². The third kappa shape index (κ3) is 3.64. The molecule has 1 amide bonds. The molecule has 3 rings (SSSR count). The Bertz CT molecular complexity index is 698. The number of hydrogen-bond acceptors (Lipinski definition) is 4. The van der Waals surface area contributed by atoms with Gasteiger partial charge in [-0.1, -0.05) is 6.07 Å². The second kappa shape index (κ2) is 7.57. The van der Waals surface area contributed by atoms with Crippen LogP contribution in [0.2, 0.25) is 0 Å². The van der Waals surface area contributed by atoms with Crippen LogP contribution in [0.15, 0.2) is 30.6 Å². The number of piperidine rings is 1. The Kier molecular flexibility index (Phi) is 5.25. The normalized spacial score (nSPS) is 17.9. The molecule has 2 aromatic heterocycles. The first-order chi connectivity index (χ1) is 11.7. The summed E-state index contributed by atoms with van der Waals surface area (Å²) in [6.07, 6.45) is 5.85. The first-order valence-electron chi connectivity index (χ1n) is 8.42. The molecule has 0 aliphatic carbocycles. The number of hydrogen-bond donors (Lipinski definition) is 0. The highest BCUT2D eigenvalue weighted by Crippen LogP contribution is 2.26. The predicted molar refractivity (Wildman–Crippen MR) is 91.0 cm³/mol. The molecule has 1 fully saturated rings. The summed E-state index contributed by atoms with van der Waals surface area (Å²) in [4.78, 5) is 23.5. The summed E-state index contributed by atoms with van der Waals surface area (Å²) in [5.41, 5.74) is 1.39. The van der Waals surface area contributed by atoms with Crippen LogP contribution >= 0.6 is 0 Å². The van der Waals surface area contributed by atoms with E-state index in [0.29, 0.717) is 18.8 Å². The Balaban J connectivity index is 1.73. The summed E-state index contributed by atoms with van der Waals surface area (Å²) in [6.45, 7) is 4.83. The number of imidazole rings is 1. The van der Waals surface area contributed by atoms with Gasteiger partial charge >= 0.3 is 0 Å². The highest BCUT2D eigenvalue weighted by atomic mass is 16.5. The van der Waals surface area contributed by atoms with Crippen LogP contribution in [0.3, 0.4) is 0 Å². The lowest BCUT2D eigenvalue weighted by molar-refractivity contribution is 0.0696. The maximum absolute atomic E-state index is 12.7. The molecular formula is C18H24N4O2. The molecule has 0 aromatic carbocycles. The summed E-state index contributed by atoms with van der Waals surface area (Å²) < 4.78 is 7.30. The topological polar surface area (TPSA) is 60.2 Å². The number of amides is 1. The first kappa shape index (κ1) is 16.6. The Labute approximate surface area is 142 Å². The minimum atomic E-state index is 0.0124. The molecule has 128 valence electrons. The average Bonchev–Trinajstić information content (AvgIpc) is 3.08. The van der Waals surface area contributed by atoms with Crippen molar-refractivity contribution in [1.82, 2.24) is 19.4 Å². The van der Waals surface area contributed by atoms with E-state index in [1.165, 1.54) is 0 Å². The quantitative estimate of drug-likeness (QED) is 0.845. The van der Waals surface area contributed by atoms with Crippen LogP contribution in [0.25, 0.3) is 0 Å². The lowest BCUT2D eigenvalue weighted by Gasteiger charge is -2.32. The van der Waals surface area contributed by atoms with Crippen molar-refractivity contribution < 1.29 is 9.53 Å². The van der Waals surface area contributed by atoms with E-state index in [-0.39, 0.29) is 11.8 Å². The van der Waals surface area contributed by atoms with Crippen molar-refractivity contribution in [1.29, 1.82) is 0 Å². The van der Waals surface area contributed by atoms with Gasteiger partial charge in [-0.3, -0.25) is 4.79 Å². The standard InChI is InChI=1S/C18H24N4O2/c1-14-5-3-7-16(20-14)18(23)22-9-4-6-15(13-22)17-19-8-10-21(17)11-12-24-2/h3,5,7-8,10,15H,4,6,9,11-13H2,1-2H3. The molecule has 1 aliphatic heterocycles. The Morgan fingerprint density at radius 1 is 1.42 bits per heavy atom. The summed E-state index contributed by atoms with van der Waals surface area (Å²) >= 11 is 0. The third-order valence-corrected chi connectivity index (χ3v) is 4.47. The number of aromatic nitrogens is 3. The van der Waals surface area contributed by atoms with Crippen LogP contribution in [-0.4, -0.2) is 52.1 Å². The van der Waals surface area contributed by atoms with E-state index in [2.05, 4.69) is 14.5 Å². The molecule has 24 heavy (non-hydrogen) atoms. The molecule has 1 aliphatic rings. The lowest BCUT2D eigenvalue weighted by atomic mass is 9.96. The predicted octanol–water partition coefficient (Wildman–Crippen LogP) is 2.25. The maximum atomic E-state index is 12.7. The fourth-order valence-electron chi connectivity index (χ4n) is 3.26. The summed E-state index contributed by atoms with van der Waals surface area (Å²) in [5.74, 6) is 1.32. The second-order valence-electron chi connectivity index (χ2n) is 6.23. The van der Waals surface area contributed by atoms with Gasteiger partial charge in [-0.15, -0.1) is 0 Å². The van der Waals surface area contributed by atoms with Gasteiger partial charge in [0.25, 0.3) is 5.91 Å². The number of ether oxygens (including phenoxy) is 1. The van der Waals surface area contributed by atoms with Crippen LogP contribution in [0, 0.1) is 6.92 Å². The van der Waals surface area contributed by atoms with E-state index in [9.17, 15) is 4.79 Å². The smallest absolute Gasteiger partial charge is 0.272 e. The Hall–Kier alpha value is -2.21. The van der Waals surface area contributed by atoms with Crippen molar-refractivity contribution in [3.8, 4) is 0 Å². The molecule has 0 radical (unpaired) electrons. The maximum Gasteiger partial charge on any atom is 0.272 e. The number of nitrogens with zero attached hydrogens (tertiary/aromatic N) is 4. The summed E-state index contributed by atoms with van der Waals surface area (Å²) in [6, 6.07) is 5.58. The highest BCUT2D eigenvalue weighted by molar-refractivity contribution is 5.92. The van der Waals surface area contributed by atoms with Crippen molar-refractivity contribution in [2.75, 3.05) is 26.8 Å². The Morgan fingerprint density at radius 2 is 2.29 bits per heavy atom.